The van der Waals surface area contributed by atoms with Crippen molar-refractivity contribution in [2.75, 3.05) is 24.6 Å². The molecule has 0 spiro atoms. The first-order valence-corrected chi connectivity index (χ1v) is 6.24. The Morgan fingerprint density at radius 1 is 1.67 bits per heavy atom. The van der Waals surface area contributed by atoms with Gasteiger partial charge in [-0.15, -0.1) is 0 Å². The van der Waals surface area contributed by atoms with E-state index in [2.05, 4.69) is 4.98 Å². The minimum atomic E-state index is -0.345. The van der Waals surface area contributed by atoms with Crippen LogP contribution in [0.15, 0.2) is 18.3 Å². The predicted molar refractivity (Wildman–Crippen MR) is 65.8 cm³/mol. The minimum absolute atomic E-state index is 0.180. The fraction of sp³-hybridized carbons (Fsp3) is 0.538. The molecule has 0 aromatic carbocycles. The molecule has 2 heterocycles. The van der Waals surface area contributed by atoms with Gasteiger partial charge in [-0.25, -0.2) is 9.37 Å². The molecule has 1 unspecified atom stereocenters. The molecule has 1 fully saturated rings. The summed E-state index contributed by atoms with van der Waals surface area (Å²) < 4.78 is 18.6. The fourth-order valence-electron chi connectivity index (χ4n) is 2.23. The molecule has 18 heavy (non-hydrogen) atoms. The fourth-order valence-corrected chi connectivity index (χ4v) is 2.23. The van der Waals surface area contributed by atoms with Gasteiger partial charge in [0.25, 0.3) is 0 Å². The maximum absolute atomic E-state index is 13.6. The number of aromatic nitrogens is 1. The van der Waals surface area contributed by atoms with E-state index in [9.17, 15) is 9.18 Å². The molecule has 0 bridgehead atoms. The van der Waals surface area contributed by atoms with E-state index in [1.54, 1.807) is 19.2 Å². The average molecular weight is 252 g/mol. The molecule has 4 nitrogen and oxygen atoms in total. The second-order valence-electron chi connectivity index (χ2n) is 4.35. The van der Waals surface area contributed by atoms with Crippen molar-refractivity contribution in [1.82, 2.24) is 4.98 Å². The van der Waals surface area contributed by atoms with Crippen LogP contribution in [0.25, 0.3) is 0 Å². The number of piperidine rings is 1. The number of anilines is 1. The first-order valence-electron chi connectivity index (χ1n) is 6.24. The number of rotatable bonds is 3. The summed E-state index contributed by atoms with van der Waals surface area (Å²) in [6.45, 7) is 3.38. The lowest BCUT2D eigenvalue weighted by Gasteiger charge is -2.32. The maximum Gasteiger partial charge on any atom is 0.310 e. The second-order valence-corrected chi connectivity index (χ2v) is 4.35. The van der Waals surface area contributed by atoms with Gasteiger partial charge in [0, 0.05) is 19.3 Å². The van der Waals surface area contributed by atoms with Crippen LogP contribution in [0.2, 0.25) is 0 Å². The van der Waals surface area contributed by atoms with Gasteiger partial charge in [-0.1, -0.05) is 0 Å². The molecule has 5 heteroatoms. The Balaban J connectivity index is 2.07. The molecule has 1 aromatic rings. The summed E-state index contributed by atoms with van der Waals surface area (Å²) in [6, 6.07) is 2.95. The van der Waals surface area contributed by atoms with Crippen LogP contribution in [0.1, 0.15) is 19.8 Å². The summed E-state index contributed by atoms with van der Waals surface area (Å²) in [5.41, 5.74) is 0. The van der Waals surface area contributed by atoms with Crippen LogP contribution in [0.3, 0.4) is 0 Å². The standard InChI is InChI=1S/C13H17FN2O2/c1-2-18-13(17)10-5-4-8-16(9-10)12-11(14)6-3-7-15-12/h3,6-7,10H,2,4-5,8-9H2,1H3. The Hall–Kier alpha value is -1.65. The minimum Gasteiger partial charge on any atom is -0.466 e. The van der Waals surface area contributed by atoms with Gasteiger partial charge in [0.15, 0.2) is 11.6 Å². The largest absolute Gasteiger partial charge is 0.466 e. The van der Waals surface area contributed by atoms with Crippen molar-refractivity contribution in [3.63, 3.8) is 0 Å². The molecule has 0 radical (unpaired) electrons. The normalized spacial score (nSPS) is 19.7. The zero-order valence-electron chi connectivity index (χ0n) is 10.4. The summed E-state index contributed by atoms with van der Waals surface area (Å²) in [6.07, 6.45) is 3.20. The van der Waals surface area contributed by atoms with Crippen LogP contribution < -0.4 is 4.90 Å². The molecule has 98 valence electrons. The van der Waals surface area contributed by atoms with Gasteiger partial charge in [0.05, 0.1) is 12.5 Å². The zero-order chi connectivity index (χ0) is 13.0. The Morgan fingerprint density at radius 2 is 2.50 bits per heavy atom. The molecule has 0 N–H and O–H groups in total. The Labute approximate surface area is 106 Å². The lowest BCUT2D eigenvalue weighted by Crippen LogP contribution is -2.40. The molecule has 0 saturated carbocycles. The number of nitrogens with zero attached hydrogens (tertiary/aromatic N) is 2. The Bertz CT molecular complexity index is 425. The third-order valence-corrected chi connectivity index (χ3v) is 3.08. The van der Waals surface area contributed by atoms with Crippen LogP contribution in [0.5, 0.6) is 0 Å². The highest BCUT2D eigenvalue weighted by atomic mass is 19.1. The van der Waals surface area contributed by atoms with E-state index in [4.69, 9.17) is 4.74 Å². The van der Waals surface area contributed by atoms with Gasteiger partial charge in [0.1, 0.15) is 0 Å². The third kappa shape index (κ3) is 2.78. The van der Waals surface area contributed by atoms with Crippen molar-refractivity contribution in [2.45, 2.75) is 19.8 Å². The average Bonchev–Trinajstić information content (AvgIpc) is 2.40. The van der Waals surface area contributed by atoms with E-state index in [0.717, 1.165) is 19.4 Å². The molecule has 0 amide bonds. The predicted octanol–water partition coefficient (Wildman–Crippen LogP) is 2.00. The number of hydrogen-bond acceptors (Lipinski definition) is 4. The highest BCUT2D eigenvalue weighted by Crippen LogP contribution is 2.24. The topological polar surface area (TPSA) is 42.4 Å². The lowest BCUT2D eigenvalue weighted by molar-refractivity contribution is -0.148. The van der Waals surface area contributed by atoms with Gasteiger partial charge >= 0.3 is 5.97 Å². The van der Waals surface area contributed by atoms with Crippen LogP contribution in [-0.4, -0.2) is 30.6 Å². The number of carbonyl (C=O) groups excluding carboxylic acids is 1. The maximum atomic E-state index is 13.6. The number of halogens is 1. The smallest absolute Gasteiger partial charge is 0.310 e. The van der Waals surface area contributed by atoms with E-state index < -0.39 is 0 Å². The van der Waals surface area contributed by atoms with Crippen LogP contribution in [-0.2, 0) is 9.53 Å². The van der Waals surface area contributed by atoms with Crippen LogP contribution >= 0.6 is 0 Å². The van der Waals surface area contributed by atoms with Gasteiger partial charge < -0.3 is 9.64 Å². The molecule has 2 rings (SSSR count). The molecule has 1 atom stereocenters. The molecular formula is C13H17FN2O2. The van der Waals surface area contributed by atoms with Crippen molar-refractivity contribution in [3.05, 3.63) is 24.1 Å². The lowest BCUT2D eigenvalue weighted by atomic mass is 9.98. The Morgan fingerprint density at radius 3 is 3.22 bits per heavy atom. The van der Waals surface area contributed by atoms with Crippen LogP contribution in [0.4, 0.5) is 10.2 Å². The van der Waals surface area contributed by atoms with Crippen molar-refractivity contribution in [1.29, 1.82) is 0 Å². The summed E-state index contributed by atoms with van der Waals surface area (Å²) >= 11 is 0. The molecule has 0 aliphatic carbocycles. The Kier molecular flexibility index (Phi) is 4.12. The quantitative estimate of drug-likeness (QED) is 0.772. The van der Waals surface area contributed by atoms with Crippen molar-refractivity contribution < 1.29 is 13.9 Å². The number of esters is 1. The van der Waals surface area contributed by atoms with E-state index in [0.29, 0.717) is 19.0 Å². The zero-order valence-corrected chi connectivity index (χ0v) is 10.4. The van der Waals surface area contributed by atoms with E-state index >= 15 is 0 Å². The first-order chi connectivity index (χ1) is 8.72. The molecule has 1 aliphatic heterocycles. The molecule has 1 aromatic heterocycles. The van der Waals surface area contributed by atoms with E-state index in [1.807, 2.05) is 4.90 Å². The monoisotopic (exact) mass is 252 g/mol. The van der Waals surface area contributed by atoms with Crippen molar-refractivity contribution in [3.8, 4) is 0 Å². The van der Waals surface area contributed by atoms with Gasteiger partial charge in [-0.2, -0.15) is 0 Å². The summed E-state index contributed by atoms with van der Waals surface area (Å²) in [5, 5.41) is 0. The van der Waals surface area contributed by atoms with Gasteiger partial charge in [-0.3, -0.25) is 4.79 Å². The first kappa shape index (κ1) is 12.8. The number of carbonyl (C=O) groups is 1. The van der Waals surface area contributed by atoms with Crippen molar-refractivity contribution >= 4 is 11.8 Å². The third-order valence-electron chi connectivity index (χ3n) is 3.08. The van der Waals surface area contributed by atoms with E-state index in [-0.39, 0.29) is 17.7 Å². The SMILES string of the molecule is CCOC(=O)C1CCCN(c2ncccc2F)C1. The van der Waals surface area contributed by atoms with Crippen LogP contribution in [0, 0.1) is 11.7 Å². The van der Waals surface area contributed by atoms with Gasteiger partial charge in [0.2, 0.25) is 0 Å². The number of pyridine rings is 1. The summed E-state index contributed by atoms with van der Waals surface area (Å²) in [7, 11) is 0. The highest BCUT2D eigenvalue weighted by molar-refractivity contribution is 5.73. The summed E-state index contributed by atoms with van der Waals surface area (Å²) in [4.78, 5) is 17.6. The van der Waals surface area contributed by atoms with E-state index in [1.165, 1.54) is 6.07 Å². The second kappa shape index (κ2) is 5.80. The molecule has 1 saturated heterocycles. The van der Waals surface area contributed by atoms with Crippen molar-refractivity contribution in [2.24, 2.45) is 5.92 Å². The molecular weight excluding hydrogens is 235 g/mol. The highest BCUT2D eigenvalue weighted by Gasteiger charge is 2.28. The number of ether oxygens (including phenoxy) is 1. The number of hydrogen-bond donors (Lipinski definition) is 0. The summed E-state index contributed by atoms with van der Waals surface area (Å²) in [5.74, 6) is -0.396. The molecule has 1 aliphatic rings. The van der Waals surface area contributed by atoms with Gasteiger partial charge in [-0.05, 0) is 31.9 Å².